The summed E-state index contributed by atoms with van der Waals surface area (Å²) in [5, 5.41) is 9.75. The Labute approximate surface area is 123 Å². The molecule has 0 aliphatic carbocycles. The second-order valence-electron chi connectivity index (χ2n) is 4.63. The highest BCUT2D eigenvalue weighted by atomic mass is 16.5. The first-order valence-corrected chi connectivity index (χ1v) is 6.71. The number of ether oxygens (including phenoxy) is 2. The first kappa shape index (κ1) is 15.1. The molecule has 2 aromatic carbocycles. The molecule has 2 aromatic rings. The fourth-order valence-electron chi connectivity index (χ4n) is 1.98. The Morgan fingerprint density at radius 2 is 1.76 bits per heavy atom. The first-order chi connectivity index (χ1) is 10.2. The molecule has 0 bridgehead atoms. The van der Waals surface area contributed by atoms with Crippen LogP contribution in [-0.4, -0.2) is 24.3 Å². The molecule has 0 aromatic heterocycles. The van der Waals surface area contributed by atoms with E-state index in [2.05, 4.69) is 4.74 Å². The number of carbonyl (C=O) groups is 1. The molecular weight excluding hydrogens is 268 g/mol. The van der Waals surface area contributed by atoms with Crippen LogP contribution in [0.2, 0.25) is 0 Å². The van der Waals surface area contributed by atoms with Gasteiger partial charge >= 0.3 is 5.97 Å². The molecular formula is C17H18O4. The lowest BCUT2D eigenvalue weighted by molar-refractivity contribution is -0.150. The molecule has 1 atom stereocenters. The summed E-state index contributed by atoms with van der Waals surface area (Å²) in [6, 6.07) is 17.1. The molecule has 110 valence electrons. The molecule has 1 N–H and O–H groups in total. The molecule has 4 heteroatoms. The lowest BCUT2D eigenvalue weighted by Gasteiger charge is -2.13. The van der Waals surface area contributed by atoms with E-state index in [9.17, 15) is 9.90 Å². The molecule has 0 fully saturated rings. The van der Waals surface area contributed by atoms with Crippen molar-refractivity contribution in [2.24, 2.45) is 0 Å². The maximum absolute atomic E-state index is 11.3. The van der Waals surface area contributed by atoms with Crippen molar-refractivity contribution in [3.05, 3.63) is 65.7 Å². The predicted octanol–water partition coefficient (Wildman–Crippen LogP) is 2.34. The third kappa shape index (κ3) is 4.33. The summed E-state index contributed by atoms with van der Waals surface area (Å²) in [7, 11) is 1.25. The predicted molar refractivity (Wildman–Crippen MR) is 78.9 cm³/mol. The topological polar surface area (TPSA) is 55.8 Å². The van der Waals surface area contributed by atoms with E-state index in [4.69, 9.17) is 4.74 Å². The van der Waals surface area contributed by atoms with Crippen molar-refractivity contribution in [2.45, 2.75) is 19.1 Å². The van der Waals surface area contributed by atoms with Gasteiger partial charge in [-0.2, -0.15) is 0 Å². The fourth-order valence-corrected chi connectivity index (χ4v) is 1.98. The number of para-hydroxylation sites is 1. The minimum Gasteiger partial charge on any atom is -0.489 e. The van der Waals surface area contributed by atoms with Crippen molar-refractivity contribution in [1.82, 2.24) is 0 Å². The van der Waals surface area contributed by atoms with Crippen molar-refractivity contribution in [2.75, 3.05) is 7.11 Å². The van der Waals surface area contributed by atoms with Crippen LogP contribution in [-0.2, 0) is 22.6 Å². The molecule has 0 heterocycles. The van der Waals surface area contributed by atoms with Crippen LogP contribution in [0.3, 0.4) is 0 Å². The number of methoxy groups -OCH3 is 1. The third-order valence-corrected chi connectivity index (χ3v) is 3.10. The summed E-state index contributed by atoms with van der Waals surface area (Å²) >= 11 is 0. The van der Waals surface area contributed by atoms with E-state index in [0.717, 1.165) is 11.1 Å². The summed E-state index contributed by atoms with van der Waals surface area (Å²) in [4.78, 5) is 11.3. The van der Waals surface area contributed by atoms with Gasteiger partial charge < -0.3 is 14.6 Å². The van der Waals surface area contributed by atoms with Gasteiger partial charge in [-0.3, -0.25) is 0 Å². The van der Waals surface area contributed by atoms with Crippen molar-refractivity contribution in [3.8, 4) is 5.75 Å². The summed E-state index contributed by atoms with van der Waals surface area (Å²) in [6.45, 7) is 0.437. The number of rotatable bonds is 6. The number of hydrogen-bond donors (Lipinski definition) is 1. The molecule has 0 radical (unpaired) electrons. The molecule has 0 spiro atoms. The highest BCUT2D eigenvalue weighted by Crippen LogP contribution is 2.21. The lowest BCUT2D eigenvalue weighted by atomic mass is 10.1. The molecule has 2 rings (SSSR count). The summed E-state index contributed by atoms with van der Waals surface area (Å²) in [5.41, 5.74) is 1.83. The summed E-state index contributed by atoms with van der Waals surface area (Å²) < 4.78 is 10.3. The zero-order chi connectivity index (χ0) is 15.1. The van der Waals surface area contributed by atoms with Crippen molar-refractivity contribution >= 4 is 5.97 Å². The SMILES string of the molecule is COC(=O)C(O)Cc1ccccc1OCc1ccccc1. The lowest BCUT2D eigenvalue weighted by Crippen LogP contribution is -2.24. The largest absolute Gasteiger partial charge is 0.489 e. The van der Waals surface area contributed by atoms with E-state index in [0.29, 0.717) is 12.4 Å². The maximum atomic E-state index is 11.3. The fraction of sp³-hybridized carbons (Fsp3) is 0.235. The molecule has 0 aliphatic rings. The van der Waals surface area contributed by atoms with Crippen LogP contribution < -0.4 is 4.74 Å². The maximum Gasteiger partial charge on any atom is 0.335 e. The Morgan fingerprint density at radius 1 is 1.10 bits per heavy atom. The van der Waals surface area contributed by atoms with Gasteiger partial charge in [0.15, 0.2) is 6.10 Å². The van der Waals surface area contributed by atoms with Gasteiger partial charge in [0.1, 0.15) is 12.4 Å². The van der Waals surface area contributed by atoms with Crippen molar-refractivity contribution < 1.29 is 19.4 Å². The standard InChI is InChI=1S/C17H18O4/c1-20-17(19)15(18)11-14-9-5-6-10-16(14)21-12-13-7-3-2-4-8-13/h2-10,15,18H,11-12H2,1H3. The number of hydrogen-bond acceptors (Lipinski definition) is 4. The van der Waals surface area contributed by atoms with E-state index in [-0.39, 0.29) is 6.42 Å². The van der Waals surface area contributed by atoms with E-state index >= 15 is 0 Å². The summed E-state index contributed by atoms with van der Waals surface area (Å²) in [5.74, 6) is 0.0113. The number of benzene rings is 2. The van der Waals surface area contributed by atoms with Gasteiger partial charge in [-0.15, -0.1) is 0 Å². The van der Waals surface area contributed by atoms with Gasteiger partial charge in [0, 0.05) is 6.42 Å². The van der Waals surface area contributed by atoms with Crippen LogP contribution in [0, 0.1) is 0 Å². The van der Waals surface area contributed by atoms with Crippen LogP contribution in [0.4, 0.5) is 0 Å². The third-order valence-electron chi connectivity index (χ3n) is 3.10. The normalized spacial score (nSPS) is 11.7. The zero-order valence-corrected chi connectivity index (χ0v) is 11.9. The molecule has 4 nitrogen and oxygen atoms in total. The monoisotopic (exact) mass is 286 g/mol. The summed E-state index contributed by atoms with van der Waals surface area (Å²) in [6.07, 6.45) is -1.02. The highest BCUT2D eigenvalue weighted by Gasteiger charge is 2.17. The van der Waals surface area contributed by atoms with Gasteiger partial charge in [-0.25, -0.2) is 4.79 Å². The Balaban J connectivity index is 2.04. The zero-order valence-electron chi connectivity index (χ0n) is 11.9. The van der Waals surface area contributed by atoms with Crippen LogP contribution in [0.5, 0.6) is 5.75 Å². The van der Waals surface area contributed by atoms with Crippen LogP contribution in [0.25, 0.3) is 0 Å². The number of aliphatic hydroxyl groups excluding tert-OH is 1. The minimum absolute atomic E-state index is 0.164. The van der Waals surface area contributed by atoms with Gasteiger partial charge in [0.2, 0.25) is 0 Å². The van der Waals surface area contributed by atoms with Gasteiger partial charge in [-0.05, 0) is 17.2 Å². The van der Waals surface area contributed by atoms with Crippen molar-refractivity contribution in [3.63, 3.8) is 0 Å². The Hall–Kier alpha value is -2.33. The van der Waals surface area contributed by atoms with Gasteiger partial charge in [0.05, 0.1) is 7.11 Å². The number of esters is 1. The van der Waals surface area contributed by atoms with E-state index in [1.807, 2.05) is 54.6 Å². The molecule has 0 aliphatic heterocycles. The average molecular weight is 286 g/mol. The van der Waals surface area contributed by atoms with Crippen LogP contribution >= 0.6 is 0 Å². The molecule has 1 unspecified atom stereocenters. The highest BCUT2D eigenvalue weighted by molar-refractivity contribution is 5.74. The van der Waals surface area contributed by atoms with Gasteiger partial charge in [0.25, 0.3) is 0 Å². The van der Waals surface area contributed by atoms with Crippen LogP contribution in [0.1, 0.15) is 11.1 Å². The molecule has 0 saturated carbocycles. The Kier molecular flexibility index (Phi) is 5.35. The minimum atomic E-state index is -1.18. The van der Waals surface area contributed by atoms with E-state index in [1.165, 1.54) is 7.11 Å². The van der Waals surface area contributed by atoms with Gasteiger partial charge in [-0.1, -0.05) is 48.5 Å². The Morgan fingerprint density at radius 3 is 2.48 bits per heavy atom. The van der Waals surface area contributed by atoms with E-state index < -0.39 is 12.1 Å². The molecule has 0 saturated heterocycles. The molecule has 21 heavy (non-hydrogen) atoms. The quantitative estimate of drug-likeness (QED) is 0.828. The second kappa shape index (κ2) is 7.45. The first-order valence-electron chi connectivity index (χ1n) is 6.71. The van der Waals surface area contributed by atoms with E-state index in [1.54, 1.807) is 0 Å². The van der Waals surface area contributed by atoms with Crippen molar-refractivity contribution in [1.29, 1.82) is 0 Å². The number of aliphatic hydroxyl groups is 1. The molecule has 0 amide bonds. The number of carbonyl (C=O) groups excluding carboxylic acids is 1. The van der Waals surface area contributed by atoms with Crippen LogP contribution in [0.15, 0.2) is 54.6 Å². The second-order valence-corrected chi connectivity index (χ2v) is 4.63. The smallest absolute Gasteiger partial charge is 0.335 e. The average Bonchev–Trinajstić information content (AvgIpc) is 2.54. The Bertz CT molecular complexity index is 580.